The largest absolute Gasteiger partial charge is 0.315 e. The van der Waals surface area contributed by atoms with Gasteiger partial charge in [0.1, 0.15) is 6.33 Å². The van der Waals surface area contributed by atoms with Crippen LogP contribution >= 0.6 is 0 Å². The number of hydrogen-bond acceptors (Lipinski definition) is 6. The van der Waals surface area contributed by atoms with Crippen LogP contribution in [0.2, 0.25) is 0 Å². The van der Waals surface area contributed by atoms with Crippen molar-refractivity contribution < 1.29 is 4.79 Å². The molecule has 1 aliphatic rings. The number of benzene rings is 1. The van der Waals surface area contributed by atoms with E-state index in [0.717, 1.165) is 30.9 Å². The van der Waals surface area contributed by atoms with E-state index in [1.165, 1.54) is 0 Å². The Morgan fingerprint density at radius 3 is 2.88 bits per heavy atom. The van der Waals surface area contributed by atoms with Crippen LogP contribution in [0.5, 0.6) is 0 Å². The average Bonchev–Trinajstić information content (AvgIpc) is 3.36. The summed E-state index contributed by atoms with van der Waals surface area (Å²) in [5.74, 6) is -0.00688. The minimum absolute atomic E-state index is 0.238. The van der Waals surface area contributed by atoms with Gasteiger partial charge >= 0.3 is 0 Å². The third-order valence-electron chi connectivity index (χ3n) is 4.33. The number of rotatable bonds is 4. The van der Waals surface area contributed by atoms with Gasteiger partial charge in [-0.2, -0.15) is 0 Å². The molecular weight excluding hydrogens is 320 g/mol. The van der Waals surface area contributed by atoms with E-state index in [2.05, 4.69) is 31.1 Å². The Balaban J connectivity index is 1.57. The summed E-state index contributed by atoms with van der Waals surface area (Å²) in [6.45, 7) is 3.65. The van der Waals surface area contributed by atoms with Crippen molar-refractivity contribution in [3.05, 3.63) is 48.0 Å². The molecule has 2 N–H and O–H groups in total. The topological polar surface area (TPSA) is 103 Å². The van der Waals surface area contributed by atoms with E-state index in [-0.39, 0.29) is 11.9 Å². The summed E-state index contributed by atoms with van der Waals surface area (Å²) < 4.78 is 3.52. The molecule has 1 saturated heterocycles. The zero-order valence-corrected chi connectivity index (χ0v) is 13.8. The van der Waals surface area contributed by atoms with Gasteiger partial charge in [0.05, 0.1) is 17.4 Å². The van der Waals surface area contributed by atoms with Crippen LogP contribution in [0.3, 0.4) is 0 Å². The van der Waals surface area contributed by atoms with E-state index in [1.807, 2.05) is 41.9 Å². The van der Waals surface area contributed by atoms with E-state index < -0.39 is 0 Å². The average molecular weight is 338 g/mol. The summed E-state index contributed by atoms with van der Waals surface area (Å²) in [5, 5.41) is 22.1. The molecule has 128 valence electrons. The lowest BCUT2D eigenvalue weighted by Gasteiger charge is -2.10. The Morgan fingerprint density at radius 2 is 2.12 bits per heavy atom. The van der Waals surface area contributed by atoms with E-state index in [0.29, 0.717) is 11.6 Å². The predicted octanol–water partition coefficient (Wildman–Crippen LogP) is 0.954. The molecule has 1 aliphatic heterocycles. The Labute approximate surface area is 144 Å². The van der Waals surface area contributed by atoms with Crippen LogP contribution in [0.4, 0.5) is 5.95 Å². The van der Waals surface area contributed by atoms with Gasteiger partial charge in [-0.25, -0.2) is 4.68 Å². The van der Waals surface area contributed by atoms with Gasteiger partial charge in [0.15, 0.2) is 5.69 Å². The minimum atomic E-state index is -0.347. The SMILES string of the molecule is Cc1c(C(=O)Nc2nncn2-c2ccccc2)nnn1C1CCNC1. The number of amides is 1. The normalized spacial score (nSPS) is 16.9. The van der Waals surface area contributed by atoms with Crippen molar-refractivity contribution in [2.75, 3.05) is 18.4 Å². The Morgan fingerprint density at radius 1 is 1.28 bits per heavy atom. The Bertz CT molecular complexity index is 879. The summed E-state index contributed by atoms with van der Waals surface area (Å²) in [6, 6.07) is 9.80. The van der Waals surface area contributed by atoms with Crippen LogP contribution in [0, 0.1) is 6.92 Å². The quantitative estimate of drug-likeness (QED) is 0.734. The molecule has 25 heavy (non-hydrogen) atoms. The van der Waals surface area contributed by atoms with Gasteiger partial charge in [0.25, 0.3) is 5.91 Å². The highest BCUT2D eigenvalue weighted by molar-refractivity contribution is 6.02. The molecule has 9 heteroatoms. The van der Waals surface area contributed by atoms with Crippen molar-refractivity contribution in [3.63, 3.8) is 0 Å². The monoisotopic (exact) mass is 338 g/mol. The Kier molecular flexibility index (Phi) is 3.98. The summed E-state index contributed by atoms with van der Waals surface area (Å²) in [4.78, 5) is 12.6. The summed E-state index contributed by atoms with van der Waals surface area (Å²) in [7, 11) is 0. The minimum Gasteiger partial charge on any atom is -0.315 e. The molecule has 0 bridgehead atoms. The summed E-state index contributed by atoms with van der Waals surface area (Å²) >= 11 is 0. The molecule has 3 heterocycles. The maximum absolute atomic E-state index is 12.6. The molecule has 9 nitrogen and oxygen atoms in total. The number of hydrogen-bond donors (Lipinski definition) is 2. The van der Waals surface area contributed by atoms with Crippen LogP contribution in [-0.2, 0) is 0 Å². The van der Waals surface area contributed by atoms with Crippen molar-refractivity contribution in [1.29, 1.82) is 0 Å². The highest BCUT2D eigenvalue weighted by atomic mass is 16.2. The predicted molar refractivity (Wildman–Crippen MR) is 90.6 cm³/mol. The third-order valence-corrected chi connectivity index (χ3v) is 4.33. The fourth-order valence-electron chi connectivity index (χ4n) is 3.00. The highest BCUT2D eigenvalue weighted by Gasteiger charge is 2.24. The first kappa shape index (κ1) is 15.5. The second-order valence-corrected chi connectivity index (χ2v) is 5.93. The lowest BCUT2D eigenvalue weighted by molar-refractivity contribution is 0.102. The van der Waals surface area contributed by atoms with Gasteiger partial charge in [0, 0.05) is 6.54 Å². The van der Waals surface area contributed by atoms with Crippen molar-refractivity contribution >= 4 is 11.9 Å². The summed E-state index contributed by atoms with van der Waals surface area (Å²) in [6.07, 6.45) is 2.53. The molecule has 4 rings (SSSR count). The third kappa shape index (κ3) is 2.89. The first-order valence-corrected chi connectivity index (χ1v) is 8.13. The molecule has 1 amide bonds. The molecule has 3 aromatic rings. The molecule has 1 atom stereocenters. The highest BCUT2D eigenvalue weighted by Crippen LogP contribution is 2.18. The van der Waals surface area contributed by atoms with Crippen LogP contribution in [0.15, 0.2) is 36.7 Å². The van der Waals surface area contributed by atoms with Gasteiger partial charge in [-0.05, 0) is 32.0 Å². The van der Waals surface area contributed by atoms with Crippen molar-refractivity contribution in [2.45, 2.75) is 19.4 Å². The van der Waals surface area contributed by atoms with Crippen molar-refractivity contribution in [2.24, 2.45) is 0 Å². The maximum Gasteiger partial charge on any atom is 0.280 e. The Hall–Kier alpha value is -3.07. The molecule has 1 unspecified atom stereocenters. The summed E-state index contributed by atoms with van der Waals surface area (Å²) in [5.41, 5.74) is 1.91. The van der Waals surface area contributed by atoms with E-state index in [9.17, 15) is 4.79 Å². The van der Waals surface area contributed by atoms with Gasteiger partial charge in [-0.15, -0.1) is 15.3 Å². The van der Waals surface area contributed by atoms with E-state index in [4.69, 9.17) is 0 Å². The molecule has 2 aromatic heterocycles. The van der Waals surface area contributed by atoms with Crippen LogP contribution in [-0.4, -0.2) is 48.8 Å². The first-order valence-electron chi connectivity index (χ1n) is 8.13. The number of nitrogens with zero attached hydrogens (tertiary/aromatic N) is 6. The number of aromatic nitrogens is 6. The van der Waals surface area contributed by atoms with Crippen molar-refractivity contribution in [1.82, 2.24) is 35.1 Å². The molecule has 0 radical (unpaired) electrons. The van der Waals surface area contributed by atoms with Gasteiger partial charge in [-0.1, -0.05) is 23.4 Å². The lowest BCUT2D eigenvalue weighted by Crippen LogP contribution is -2.18. The molecule has 0 saturated carbocycles. The maximum atomic E-state index is 12.6. The van der Waals surface area contributed by atoms with Crippen LogP contribution < -0.4 is 10.6 Å². The fourth-order valence-corrected chi connectivity index (χ4v) is 3.00. The van der Waals surface area contributed by atoms with Crippen LogP contribution in [0.1, 0.15) is 28.6 Å². The molecule has 0 aliphatic carbocycles. The van der Waals surface area contributed by atoms with Gasteiger partial charge in [0.2, 0.25) is 5.95 Å². The number of carbonyl (C=O) groups excluding carboxylic acids is 1. The second-order valence-electron chi connectivity index (χ2n) is 5.93. The van der Waals surface area contributed by atoms with Gasteiger partial charge < -0.3 is 5.32 Å². The smallest absolute Gasteiger partial charge is 0.280 e. The van der Waals surface area contributed by atoms with Crippen molar-refractivity contribution in [3.8, 4) is 5.69 Å². The molecular formula is C16H18N8O. The van der Waals surface area contributed by atoms with Crippen LogP contribution in [0.25, 0.3) is 5.69 Å². The second kappa shape index (κ2) is 6.44. The number of para-hydroxylation sites is 1. The van der Waals surface area contributed by atoms with E-state index in [1.54, 1.807) is 10.9 Å². The standard InChI is InChI=1S/C16H18N8O/c1-11-14(20-22-24(11)13-7-8-17-9-13)15(25)19-16-21-18-10-23(16)12-5-3-2-4-6-12/h2-6,10,13,17H,7-9H2,1H3,(H,19,21,25). The number of nitrogens with one attached hydrogen (secondary N) is 2. The fraction of sp³-hybridized carbons (Fsp3) is 0.312. The lowest BCUT2D eigenvalue weighted by atomic mass is 10.2. The number of carbonyl (C=O) groups is 1. The molecule has 1 fully saturated rings. The molecule has 0 spiro atoms. The first-order chi connectivity index (χ1) is 12.2. The van der Waals surface area contributed by atoms with Gasteiger partial charge in [-0.3, -0.25) is 14.7 Å². The zero-order chi connectivity index (χ0) is 17.2. The number of anilines is 1. The molecule has 1 aromatic carbocycles. The zero-order valence-electron chi connectivity index (χ0n) is 13.8. The van der Waals surface area contributed by atoms with E-state index >= 15 is 0 Å².